The number of fused-ring (bicyclic) bond motifs is 13. The molecule has 58 heavy (non-hydrogen) atoms. The van der Waals surface area contributed by atoms with Gasteiger partial charge in [-0.3, -0.25) is 0 Å². The van der Waals surface area contributed by atoms with Crippen LogP contribution in [0.5, 0.6) is 0 Å². The Bertz CT molecular complexity index is 3640. The first kappa shape index (κ1) is 31.6. The molecule has 3 nitrogen and oxygen atoms in total. The van der Waals surface area contributed by atoms with Gasteiger partial charge in [0.15, 0.2) is 11.2 Å². The second-order valence-corrected chi connectivity index (χ2v) is 15.6. The van der Waals surface area contributed by atoms with Gasteiger partial charge in [-0.05, 0) is 146 Å². The summed E-state index contributed by atoms with van der Waals surface area (Å²) in [6.07, 6.45) is 0.965. The third kappa shape index (κ3) is 4.74. The van der Waals surface area contributed by atoms with Gasteiger partial charge in [-0.2, -0.15) is 0 Å². The van der Waals surface area contributed by atoms with E-state index in [-0.39, 0.29) is 0 Å². The van der Waals surface area contributed by atoms with E-state index in [9.17, 15) is 0 Å². The molecule has 3 heterocycles. The fourth-order valence-electron chi connectivity index (χ4n) is 9.35. The minimum absolute atomic E-state index is 0.774. The number of benzene rings is 9. The van der Waals surface area contributed by atoms with Gasteiger partial charge in [0.2, 0.25) is 0 Å². The Kier molecular flexibility index (Phi) is 6.50. The molecule has 0 amide bonds. The van der Waals surface area contributed by atoms with Crippen LogP contribution in [0.3, 0.4) is 0 Å². The Labute approximate surface area is 333 Å². The summed E-state index contributed by atoms with van der Waals surface area (Å²) in [7, 11) is 0. The van der Waals surface area contributed by atoms with Crippen LogP contribution >= 0.6 is 0 Å². The third-order valence-corrected chi connectivity index (χ3v) is 12.3. The first-order valence-corrected chi connectivity index (χ1v) is 19.8. The zero-order valence-electron chi connectivity index (χ0n) is 31.3. The van der Waals surface area contributed by atoms with E-state index in [1.165, 1.54) is 55.6 Å². The average molecular weight is 741 g/mol. The molecule has 0 unspecified atom stereocenters. The van der Waals surface area contributed by atoms with Crippen LogP contribution < -0.4 is 0 Å². The molecule has 9 aromatic carbocycles. The topological polar surface area (TPSA) is 39.4 Å². The smallest absolute Gasteiger partial charge is 0.178 e. The lowest BCUT2D eigenvalue weighted by Crippen LogP contribution is -1.84. The van der Waals surface area contributed by atoms with Crippen LogP contribution in [0.15, 0.2) is 195 Å². The van der Waals surface area contributed by atoms with Gasteiger partial charge in [0.05, 0.1) is 0 Å². The highest BCUT2D eigenvalue weighted by Crippen LogP contribution is 2.44. The average Bonchev–Trinajstić information content (AvgIpc) is 4.05. The first-order chi connectivity index (χ1) is 28.7. The molecule has 12 aromatic rings. The van der Waals surface area contributed by atoms with Crippen molar-refractivity contribution in [2.24, 2.45) is 0 Å². The van der Waals surface area contributed by atoms with Crippen molar-refractivity contribution in [3.05, 3.63) is 193 Å². The van der Waals surface area contributed by atoms with Gasteiger partial charge in [-0.25, -0.2) is 0 Å². The van der Waals surface area contributed by atoms with E-state index in [0.717, 1.165) is 83.4 Å². The normalized spacial score (nSPS) is 12.4. The van der Waals surface area contributed by atoms with E-state index in [1.807, 2.05) is 6.07 Å². The zero-order valence-corrected chi connectivity index (χ0v) is 31.3. The lowest BCUT2D eigenvalue weighted by Gasteiger charge is -2.08. The molecule has 0 saturated heterocycles. The fourth-order valence-corrected chi connectivity index (χ4v) is 9.35. The van der Waals surface area contributed by atoms with Crippen molar-refractivity contribution >= 4 is 65.8 Å². The molecular formula is C55H32O3. The molecule has 1 aliphatic carbocycles. The number of rotatable bonds is 4. The molecule has 0 aliphatic heterocycles. The molecule has 0 bridgehead atoms. The predicted molar refractivity (Wildman–Crippen MR) is 238 cm³/mol. The van der Waals surface area contributed by atoms with Crippen molar-refractivity contribution in [1.29, 1.82) is 0 Å². The Balaban J connectivity index is 0.878. The highest BCUT2D eigenvalue weighted by atomic mass is 16.4. The predicted octanol–water partition coefficient (Wildman–Crippen LogP) is 15.6. The minimum atomic E-state index is 0.774. The van der Waals surface area contributed by atoms with Crippen LogP contribution in [-0.4, -0.2) is 0 Å². The van der Waals surface area contributed by atoms with Crippen LogP contribution in [0.25, 0.3) is 121 Å². The van der Waals surface area contributed by atoms with Crippen molar-refractivity contribution in [2.45, 2.75) is 6.42 Å². The van der Waals surface area contributed by atoms with E-state index in [4.69, 9.17) is 13.3 Å². The molecule has 0 spiro atoms. The van der Waals surface area contributed by atoms with E-state index in [0.29, 0.717) is 0 Å². The van der Waals surface area contributed by atoms with Crippen molar-refractivity contribution in [1.82, 2.24) is 0 Å². The monoisotopic (exact) mass is 740 g/mol. The second-order valence-electron chi connectivity index (χ2n) is 15.6. The van der Waals surface area contributed by atoms with Gasteiger partial charge in [0.1, 0.15) is 22.3 Å². The van der Waals surface area contributed by atoms with Crippen LogP contribution in [0, 0.1) is 0 Å². The Hall–Kier alpha value is -7.62. The number of furan rings is 3. The maximum Gasteiger partial charge on any atom is 0.178 e. The Morgan fingerprint density at radius 1 is 0.259 bits per heavy atom. The summed E-state index contributed by atoms with van der Waals surface area (Å²) in [5.41, 5.74) is 19.9. The molecule has 0 radical (unpaired) electrons. The fraction of sp³-hybridized carbons (Fsp3) is 0.0182. The molecule has 270 valence electrons. The largest absolute Gasteiger partial charge is 0.456 e. The van der Waals surface area contributed by atoms with Crippen molar-refractivity contribution < 1.29 is 13.3 Å². The van der Waals surface area contributed by atoms with Gasteiger partial charge >= 0.3 is 0 Å². The minimum Gasteiger partial charge on any atom is -0.456 e. The molecule has 13 rings (SSSR count). The quantitative estimate of drug-likeness (QED) is 0.180. The van der Waals surface area contributed by atoms with Gasteiger partial charge in [-0.1, -0.05) is 109 Å². The maximum absolute atomic E-state index is 6.59. The van der Waals surface area contributed by atoms with E-state index >= 15 is 0 Å². The highest BCUT2D eigenvalue weighted by Gasteiger charge is 2.21. The summed E-state index contributed by atoms with van der Waals surface area (Å²) in [5, 5.41) is 6.45. The maximum atomic E-state index is 6.59. The van der Waals surface area contributed by atoms with E-state index in [1.54, 1.807) is 0 Å². The van der Waals surface area contributed by atoms with Crippen molar-refractivity contribution in [3.63, 3.8) is 0 Å². The van der Waals surface area contributed by atoms with Crippen LogP contribution in [0.1, 0.15) is 11.1 Å². The molecular weight excluding hydrogens is 709 g/mol. The first-order valence-electron chi connectivity index (χ1n) is 19.8. The van der Waals surface area contributed by atoms with Crippen molar-refractivity contribution in [2.75, 3.05) is 0 Å². The van der Waals surface area contributed by atoms with Gasteiger partial charge in [-0.15, -0.1) is 0 Å². The SMILES string of the molecule is c1ccc(-c2ccc3c(c2)-c2cc(-c4ccc5oc6c(ccc7c8cc(-c9ccc%10oc%11ccc(-c%12ccccc%12)cc%11c%10c9)ccc8oc76)c5c4)ccc2C3)cc1. The second kappa shape index (κ2) is 11.9. The highest BCUT2D eigenvalue weighted by molar-refractivity contribution is 6.19. The molecule has 1 aliphatic rings. The summed E-state index contributed by atoms with van der Waals surface area (Å²) in [6.45, 7) is 0. The van der Waals surface area contributed by atoms with Crippen LogP contribution in [-0.2, 0) is 6.42 Å². The zero-order chi connectivity index (χ0) is 37.9. The lowest BCUT2D eigenvalue weighted by atomic mass is 9.95. The number of hydrogen-bond donors (Lipinski definition) is 0. The summed E-state index contributed by atoms with van der Waals surface area (Å²) < 4.78 is 19.5. The number of hydrogen-bond acceptors (Lipinski definition) is 3. The summed E-state index contributed by atoms with van der Waals surface area (Å²) in [4.78, 5) is 0. The molecule has 0 fully saturated rings. The van der Waals surface area contributed by atoms with E-state index < -0.39 is 0 Å². The Morgan fingerprint density at radius 2 is 0.603 bits per heavy atom. The summed E-state index contributed by atoms with van der Waals surface area (Å²) in [5.74, 6) is 0. The Morgan fingerprint density at radius 3 is 1.05 bits per heavy atom. The van der Waals surface area contributed by atoms with Crippen LogP contribution in [0.2, 0.25) is 0 Å². The van der Waals surface area contributed by atoms with Gasteiger partial charge in [0.25, 0.3) is 0 Å². The molecule has 0 atom stereocenters. The van der Waals surface area contributed by atoms with Crippen LogP contribution in [0.4, 0.5) is 0 Å². The van der Waals surface area contributed by atoms with Gasteiger partial charge in [0, 0.05) is 32.3 Å². The van der Waals surface area contributed by atoms with E-state index in [2.05, 4.69) is 176 Å². The standard InChI is InChI=1S/C55H32O3/c1-3-7-32(8-4-1)34-11-13-40-25-41-14-12-36(27-45(41)44(40)26-34)37-17-23-52-46(29-37)42-19-20-43-47-30-38(18-24-53(47)58-55(43)54(42)57-52)39-16-22-51-49(31-39)48-28-35(15-21-50(48)56-51)33-9-5-2-6-10-33/h1-24,26-31H,25H2. The summed E-state index contributed by atoms with van der Waals surface area (Å²) >= 11 is 0. The van der Waals surface area contributed by atoms with Gasteiger partial charge < -0.3 is 13.3 Å². The lowest BCUT2D eigenvalue weighted by molar-refractivity contribution is 0.633. The third-order valence-electron chi connectivity index (χ3n) is 12.3. The summed E-state index contributed by atoms with van der Waals surface area (Å²) in [6, 6.07) is 65.2. The molecule has 3 heteroatoms. The molecule has 0 N–H and O–H groups in total. The van der Waals surface area contributed by atoms with Crippen molar-refractivity contribution in [3.8, 4) is 55.6 Å². The molecule has 0 saturated carbocycles. The molecule has 3 aromatic heterocycles.